The minimum atomic E-state index is 0.434. The highest BCUT2D eigenvalue weighted by Gasteiger charge is 2.13. The van der Waals surface area contributed by atoms with E-state index in [-0.39, 0.29) is 0 Å². The van der Waals surface area contributed by atoms with Gasteiger partial charge in [-0.3, -0.25) is 0 Å². The molecular weight excluding hydrogens is 150 g/mol. The van der Waals surface area contributed by atoms with Gasteiger partial charge in [-0.1, -0.05) is 5.57 Å². The largest absolute Gasteiger partial charge is 0.380 e. The molecular formula is C10H19NO. The molecule has 0 heterocycles. The van der Waals surface area contributed by atoms with Crippen LogP contribution in [-0.4, -0.2) is 19.8 Å². The van der Waals surface area contributed by atoms with E-state index in [1.54, 1.807) is 12.7 Å². The summed E-state index contributed by atoms with van der Waals surface area (Å²) in [6.07, 6.45) is 4.65. The molecule has 1 aliphatic rings. The van der Waals surface area contributed by atoms with Gasteiger partial charge in [0.05, 0.1) is 6.61 Å². The zero-order valence-corrected chi connectivity index (χ0v) is 8.10. The highest BCUT2D eigenvalue weighted by molar-refractivity contribution is 5.15. The van der Waals surface area contributed by atoms with Crippen LogP contribution in [0.25, 0.3) is 0 Å². The van der Waals surface area contributed by atoms with Crippen molar-refractivity contribution in [3.8, 4) is 0 Å². The molecule has 1 rings (SSSR count). The van der Waals surface area contributed by atoms with Crippen molar-refractivity contribution in [3.05, 3.63) is 11.1 Å². The lowest BCUT2D eigenvalue weighted by molar-refractivity contribution is 0.224. The fraction of sp³-hybridized carbons (Fsp3) is 0.800. The fourth-order valence-electron chi connectivity index (χ4n) is 1.73. The van der Waals surface area contributed by atoms with Crippen LogP contribution in [0.1, 0.15) is 32.6 Å². The molecule has 0 aromatic heterocycles. The number of ether oxygens (including phenoxy) is 1. The molecule has 2 nitrogen and oxygen atoms in total. The standard InChI is InChI=1S/C10H19NO/c1-8(7-12-2)9-3-5-10(11)6-4-9/h10H,3-7,11H2,1-2H3. The lowest BCUT2D eigenvalue weighted by atomic mass is 9.89. The van der Waals surface area contributed by atoms with E-state index in [0.29, 0.717) is 6.04 Å². The molecule has 0 aliphatic heterocycles. The zero-order valence-electron chi connectivity index (χ0n) is 8.10. The minimum absolute atomic E-state index is 0.434. The van der Waals surface area contributed by atoms with Crippen molar-refractivity contribution in [2.45, 2.75) is 38.6 Å². The lowest BCUT2D eigenvalue weighted by Crippen LogP contribution is -2.23. The van der Waals surface area contributed by atoms with Gasteiger partial charge in [0.2, 0.25) is 0 Å². The minimum Gasteiger partial charge on any atom is -0.380 e. The highest BCUT2D eigenvalue weighted by Crippen LogP contribution is 2.25. The monoisotopic (exact) mass is 169 g/mol. The Labute approximate surface area is 74.8 Å². The topological polar surface area (TPSA) is 35.2 Å². The molecule has 0 atom stereocenters. The van der Waals surface area contributed by atoms with E-state index >= 15 is 0 Å². The maximum absolute atomic E-state index is 5.82. The molecule has 1 aliphatic carbocycles. The van der Waals surface area contributed by atoms with Gasteiger partial charge in [-0.25, -0.2) is 0 Å². The van der Waals surface area contributed by atoms with Gasteiger partial charge in [0.15, 0.2) is 0 Å². The molecule has 12 heavy (non-hydrogen) atoms. The summed E-state index contributed by atoms with van der Waals surface area (Å²) >= 11 is 0. The SMILES string of the molecule is COCC(C)=C1CCC(N)CC1. The third kappa shape index (κ3) is 2.61. The maximum Gasteiger partial charge on any atom is 0.0672 e. The molecule has 0 bridgehead atoms. The third-order valence-electron chi connectivity index (χ3n) is 2.60. The number of hydrogen-bond acceptors (Lipinski definition) is 2. The van der Waals surface area contributed by atoms with E-state index in [1.165, 1.54) is 18.4 Å². The summed E-state index contributed by atoms with van der Waals surface area (Å²) in [5.74, 6) is 0. The molecule has 0 radical (unpaired) electrons. The van der Waals surface area contributed by atoms with E-state index in [9.17, 15) is 0 Å². The Morgan fingerprint density at radius 1 is 1.50 bits per heavy atom. The first-order valence-electron chi connectivity index (χ1n) is 4.66. The van der Waals surface area contributed by atoms with Gasteiger partial charge < -0.3 is 10.5 Å². The predicted octanol–water partition coefficient (Wildman–Crippen LogP) is 1.85. The Hall–Kier alpha value is -0.340. The second-order valence-electron chi connectivity index (χ2n) is 3.65. The van der Waals surface area contributed by atoms with Crippen LogP contribution in [0.2, 0.25) is 0 Å². The van der Waals surface area contributed by atoms with Crippen molar-refractivity contribution in [1.29, 1.82) is 0 Å². The van der Waals surface area contributed by atoms with Crippen molar-refractivity contribution in [3.63, 3.8) is 0 Å². The van der Waals surface area contributed by atoms with Crippen LogP contribution in [-0.2, 0) is 4.74 Å². The normalized spacial score (nSPS) is 24.2. The van der Waals surface area contributed by atoms with Crippen molar-refractivity contribution < 1.29 is 4.74 Å². The Kier molecular flexibility index (Phi) is 3.76. The summed E-state index contributed by atoms with van der Waals surface area (Å²) < 4.78 is 5.09. The molecule has 0 aromatic carbocycles. The van der Waals surface area contributed by atoms with Crippen molar-refractivity contribution >= 4 is 0 Å². The second kappa shape index (κ2) is 4.63. The summed E-state index contributed by atoms with van der Waals surface area (Å²) in [4.78, 5) is 0. The summed E-state index contributed by atoms with van der Waals surface area (Å²) in [6.45, 7) is 2.94. The molecule has 2 N–H and O–H groups in total. The molecule has 1 fully saturated rings. The number of rotatable bonds is 2. The van der Waals surface area contributed by atoms with Crippen molar-refractivity contribution in [2.75, 3.05) is 13.7 Å². The molecule has 0 amide bonds. The van der Waals surface area contributed by atoms with E-state index in [2.05, 4.69) is 6.92 Å². The predicted molar refractivity (Wildman–Crippen MR) is 51.0 cm³/mol. The quantitative estimate of drug-likeness (QED) is 0.640. The van der Waals surface area contributed by atoms with Crippen LogP contribution in [0.3, 0.4) is 0 Å². The van der Waals surface area contributed by atoms with Crippen LogP contribution in [0.5, 0.6) is 0 Å². The van der Waals surface area contributed by atoms with Crippen LogP contribution in [0.15, 0.2) is 11.1 Å². The Balaban J connectivity index is 2.46. The molecule has 0 unspecified atom stereocenters. The van der Waals surface area contributed by atoms with Crippen molar-refractivity contribution in [2.24, 2.45) is 5.73 Å². The maximum atomic E-state index is 5.82. The highest BCUT2D eigenvalue weighted by atomic mass is 16.5. The molecule has 0 aromatic rings. The smallest absolute Gasteiger partial charge is 0.0672 e. The average Bonchev–Trinajstić information content (AvgIpc) is 2.06. The number of hydrogen-bond donors (Lipinski definition) is 1. The van der Waals surface area contributed by atoms with E-state index in [4.69, 9.17) is 10.5 Å². The first-order valence-corrected chi connectivity index (χ1v) is 4.66. The lowest BCUT2D eigenvalue weighted by Gasteiger charge is -2.22. The number of methoxy groups -OCH3 is 1. The molecule has 2 heteroatoms. The number of allylic oxidation sites excluding steroid dienone is 1. The number of nitrogens with two attached hydrogens (primary N) is 1. The van der Waals surface area contributed by atoms with Gasteiger partial charge in [-0.2, -0.15) is 0 Å². The Morgan fingerprint density at radius 2 is 2.08 bits per heavy atom. The summed E-state index contributed by atoms with van der Waals surface area (Å²) in [5, 5.41) is 0. The van der Waals surface area contributed by atoms with Crippen LogP contribution in [0, 0.1) is 0 Å². The summed E-state index contributed by atoms with van der Waals surface area (Å²) in [7, 11) is 1.75. The molecule has 70 valence electrons. The molecule has 1 saturated carbocycles. The van der Waals surface area contributed by atoms with Gasteiger partial charge in [-0.05, 0) is 38.2 Å². The third-order valence-corrected chi connectivity index (χ3v) is 2.60. The Bertz CT molecular complexity index is 165. The van der Waals surface area contributed by atoms with Gasteiger partial charge in [0.1, 0.15) is 0 Å². The summed E-state index contributed by atoms with van der Waals surface area (Å²) in [6, 6.07) is 0.434. The van der Waals surface area contributed by atoms with Crippen LogP contribution in [0.4, 0.5) is 0 Å². The second-order valence-corrected chi connectivity index (χ2v) is 3.65. The van der Waals surface area contributed by atoms with Crippen LogP contribution >= 0.6 is 0 Å². The summed E-state index contributed by atoms with van der Waals surface area (Å²) in [5.41, 5.74) is 8.79. The van der Waals surface area contributed by atoms with E-state index < -0.39 is 0 Å². The van der Waals surface area contributed by atoms with Gasteiger partial charge in [0, 0.05) is 13.2 Å². The average molecular weight is 169 g/mol. The van der Waals surface area contributed by atoms with Gasteiger partial charge in [0.25, 0.3) is 0 Å². The first-order chi connectivity index (χ1) is 5.74. The molecule has 0 spiro atoms. The fourth-order valence-corrected chi connectivity index (χ4v) is 1.73. The Morgan fingerprint density at radius 3 is 2.58 bits per heavy atom. The molecule has 0 saturated heterocycles. The van der Waals surface area contributed by atoms with Gasteiger partial charge in [-0.15, -0.1) is 0 Å². The van der Waals surface area contributed by atoms with Gasteiger partial charge >= 0.3 is 0 Å². The van der Waals surface area contributed by atoms with E-state index in [1.807, 2.05) is 0 Å². The van der Waals surface area contributed by atoms with E-state index in [0.717, 1.165) is 19.4 Å². The first kappa shape index (κ1) is 9.75. The van der Waals surface area contributed by atoms with Crippen LogP contribution < -0.4 is 5.73 Å². The van der Waals surface area contributed by atoms with Crippen molar-refractivity contribution in [1.82, 2.24) is 0 Å². The zero-order chi connectivity index (χ0) is 8.97.